The highest BCUT2D eigenvalue weighted by Crippen LogP contribution is 2.26. The van der Waals surface area contributed by atoms with Crippen LogP contribution in [0.2, 0.25) is 0 Å². The molecule has 0 aliphatic carbocycles. The Bertz CT molecular complexity index is 342. The SMILES string of the molecule is COc1cccnc1NCC(C)(C)CCCCl. The third kappa shape index (κ3) is 4.82. The average Bonchev–Trinajstić information content (AvgIpc) is 2.34. The maximum atomic E-state index is 5.72. The fourth-order valence-corrected chi connectivity index (χ4v) is 1.78. The van der Waals surface area contributed by atoms with Crippen molar-refractivity contribution in [3.8, 4) is 5.75 Å². The molecule has 0 atom stereocenters. The number of aromatic nitrogens is 1. The number of hydrogen-bond donors (Lipinski definition) is 1. The van der Waals surface area contributed by atoms with Crippen LogP contribution in [0, 0.1) is 5.41 Å². The van der Waals surface area contributed by atoms with Crippen molar-refractivity contribution in [2.45, 2.75) is 26.7 Å². The minimum atomic E-state index is 0.206. The number of rotatable bonds is 7. The zero-order valence-electron chi connectivity index (χ0n) is 10.8. The largest absolute Gasteiger partial charge is 0.493 e. The molecule has 0 fully saturated rings. The van der Waals surface area contributed by atoms with Gasteiger partial charge < -0.3 is 10.1 Å². The molecular formula is C13H21ClN2O. The van der Waals surface area contributed by atoms with Crippen molar-refractivity contribution >= 4 is 17.4 Å². The van der Waals surface area contributed by atoms with E-state index in [2.05, 4.69) is 24.1 Å². The normalized spacial score (nSPS) is 11.3. The molecule has 0 saturated carbocycles. The Morgan fingerprint density at radius 1 is 1.47 bits per heavy atom. The Labute approximate surface area is 109 Å². The van der Waals surface area contributed by atoms with Crippen LogP contribution in [0.25, 0.3) is 0 Å². The molecule has 1 N–H and O–H groups in total. The summed E-state index contributed by atoms with van der Waals surface area (Å²) in [5.74, 6) is 2.30. The van der Waals surface area contributed by atoms with Crippen LogP contribution in [-0.4, -0.2) is 24.5 Å². The number of pyridine rings is 1. The lowest BCUT2D eigenvalue weighted by molar-refractivity contribution is 0.353. The quantitative estimate of drug-likeness (QED) is 0.758. The van der Waals surface area contributed by atoms with E-state index in [1.165, 1.54) is 0 Å². The maximum Gasteiger partial charge on any atom is 0.168 e. The molecule has 0 bridgehead atoms. The molecule has 1 rings (SSSR count). The fourth-order valence-electron chi connectivity index (χ4n) is 1.64. The van der Waals surface area contributed by atoms with Crippen LogP contribution >= 0.6 is 11.6 Å². The van der Waals surface area contributed by atoms with Gasteiger partial charge in [-0.3, -0.25) is 0 Å². The number of ether oxygens (including phenoxy) is 1. The first-order valence-electron chi connectivity index (χ1n) is 5.88. The second-order valence-electron chi connectivity index (χ2n) is 4.86. The molecule has 0 saturated heterocycles. The number of halogens is 1. The molecule has 1 aromatic heterocycles. The van der Waals surface area contributed by atoms with E-state index in [1.54, 1.807) is 13.3 Å². The van der Waals surface area contributed by atoms with E-state index < -0.39 is 0 Å². The van der Waals surface area contributed by atoms with Gasteiger partial charge >= 0.3 is 0 Å². The van der Waals surface area contributed by atoms with Crippen molar-refractivity contribution in [3.63, 3.8) is 0 Å². The minimum Gasteiger partial charge on any atom is -0.493 e. The second kappa shape index (κ2) is 6.70. The lowest BCUT2D eigenvalue weighted by Crippen LogP contribution is -2.23. The van der Waals surface area contributed by atoms with E-state index in [1.807, 2.05) is 12.1 Å². The van der Waals surface area contributed by atoms with Crippen molar-refractivity contribution in [2.24, 2.45) is 5.41 Å². The van der Waals surface area contributed by atoms with Crippen molar-refractivity contribution in [1.82, 2.24) is 4.98 Å². The van der Waals surface area contributed by atoms with Gasteiger partial charge in [-0.2, -0.15) is 0 Å². The van der Waals surface area contributed by atoms with Gasteiger partial charge in [0.25, 0.3) is 0 Å². The van der Waals surface area contributed by atoms with Gasteiger partial charge in [-0.1, -0.05) is 13.8 Å². The lowest BCUT2D eigenvalue weighted by atomic mass is 9.88. The van der Waals surface area contributed by atoms with Crippen LogP contribution in [0.1, 0.15) is 26.7 Å². The van der Waals surface area contributed by atoms with Crippen molar-refractivity contribution < 1.29 is 4.74 Å². The monoisotopic (exact) mass is 256 g/mol. The summed E-state index contributed by atoms with van der Waals surface area (Å²) < 4.78 is 5.25. The molecule has 0 radical (unpaired) electrons. The number of anilines is 1. The van der Waals surface area contributed by atoms with Gasteiger partial charge in [0.15, 0.2) is 11.6 Å². The van der Waals surface area contributed by atoms with Crippen LogP contribution in [0.15, 0.2) is 18.3 Å². The first kappa shape index (κ1) is 14.1. The highest BCUT2D eigenvalue weighted by atomic mass is 35.5. The number of alkyl halides is 1. The number of methoxy groups -OCH3 is 1. The Morgan fingerprint density at radius 3 is 2.88 bits per heavy atom. The molecule has 4 heteroatoms. The summed E-state index contributed by atoms with van der Waals surface area (Å²) in [4.78, 5) is 4.27. The van der Waals surface area contributed by atoms with Crippen LogP contribution in [0.3, 0.4) is 0 Å². The molecule has 0 spiro atoms. The Kier molecular flexibility index (Phi) is 5.56. The number of nitrogens with one attached hydrogen (secondary N) is 1. The number of nitrogens with zero attached hydrogens (tertiary/aromatic N) is 1. The molecule has 0 amide bonds. The highest BCUT2D eigenvalue weighted by molar-refractivity contribution is 6.17. The summed E-state index contributed by atoms with van der Waals surface area (Å²) in [6.45, 7) is 5.31. The van der Waals surface area contributed by atoms with E-state index in [0.29, 0.717) is 0 Å². The van der Waals surface area contributed by atoms with E-state index in [4.69, 9.17) is 16.3 Å². The minimum absolute atomic E-state index is 0.206. The van der Waals surface area contributed by atoms with Gasteiger partial charge in [-0.15, -0.1) is 11.6 Å². The van der Waals surface area contributed by atoms with Crippen molar-refractivity contribution in [2.75, 3.05) is 24.9 Å². The summed E-state index contributed by atoms with van der Waals surface area (Å²) >= 11 is 5.72. The zero-order chi connectivity index (χ0) is 12.7. The molecular weight excluding hydrogens is 236 g/mol. The van der Waals surface area contributed by atoms with Crippen LogP contribution in [-0.2, 0) is 0 Å². The molecule has 3 nitrogen and oxygen atoms in total. The van der Waals surface area contributed by atoms with Gasteiger partial charge in [-0.25, -0.2) is 4.98 Å². The van der Waals surface area contributed by atoms with E-state index in [-0.39, 0.29) is 5.41 Å². The predicted molar refractivity (Wildman–Crippen MR) is 73.0 cm³/mol. The summed E-state index contributed by atoms with van der Waals surface area (Å²) in [6, 6.07) is 3.77. The molecule has 0 aliphatic heterocycles. The highest BCUT2D eigenvalue weighted by Gasteiger charge is 2.17. The van der Waals surface area contributed by atoms with Gasteiger partial charge in [0.05, 0.1) is 7.11 Å². The summed E-state index contributed by atoms with van der Waals surface area (Å²) in [7, 11) is 1.65. The molecule has 17 heavy (non-hydrogen) atoms. The summed E-state index contributed by atoms with van der Waals surface area (Å²) in [5, 5.41) is 3.33. The molecule has 0 unspecified atom stereocenters. The Hall–Kier alpha value is -0.960. The molecule has 0 aliphatic rings. The molecule has 96 valence electrons. The van der Waals surface area contributed by atoms with Gasteiger partial charge in [0.2, 0.25) is 0 Å². The fraction of sp³-hybridized carbons (Fsp3) is 0.615. The molecule has 1 aromatic rings. The average molecular weight is 257 g/mol. The van der Waals surface area contributed by atoms with E-state index in [0.717, 1.165) is 36.8 Å². The molecule has 1 heterocycles. The third-order valence-electron chi connectivity index (χ3n) is 2.71. The Balaban J connectivity index is 2.54. The van der Waals surface area contributed by atoms with Crippen LogP contribution < -0.4 is 10.1 Å². The number of hydrogen-bond acceptors (Lipinski definition) is 3. The van der Waals surface area contributed by atoms with Gasteiger partial charge in [0.1, 0.15) is 0 Å². The topological polar surface area (TPSA) is 34.1 Å². The summed E-state index contributed by atoms with van der Waals surface area (Å²) in [5.41, 5.74) is 0.206. The standard InChI is InChI=1S/C13H21ClN2O/c1-13(2,7-5-8-14)10-16-12-11(17-3)6-4-9-15-12/h4,6,9H,5,7-8,10H2,1-3H3,(H,15,16). The first-order valence-corrected chi connectivity index (χ1v) is 6.41. The van der Waals surface area contributed by atoms with Crippen LogP contribution in [0.4, 0.5) is 5.82 Å². The van der Waals surface area contributed by atoms with Crippen molar-refractivity contribution in [3.05, 3.63) is 18.3 Å². The van der Waals surface area contributed by atoms with E-state index >= 15 is 0 Å². The predicted octanol–water partition coefficient (Wildman–Crippen LogP) is 3.55. The van der Waals surface area contributed by atoms with Gasteiger partial charge in [-0.05, 0) is 30.4 Å². The maximum absolute atomic E-state index is 5.72. The molecule has 0 aromatic carbocycles. The third-order valence-corrected chi connectivity index (χ3v) is 2.98. The smallest absolute Gasteiger partial charge is 0.168 e. The van der Waals surface area contributed by atoms with Crippen LogP contribution in [0.5, 0.6) is 5.75 Å². The van der Waals surface area contributed by atoms with Gasteiger partial charge in [0, 0.05) is 18.6 Å². The lowest BCUT2D eigenvalue weighted by Gasteiger charge is -2.25. The second-order valence-corrected chi connectivity index (χ2v) is 5.24. The first-order chi connectivity index (χ1) is 8.09. The summed E-state index contributed by atoms with van der Waals surface area (Å²) in [6.07, 6.45) is 3.89. The Morgan fingerprint density at radius 2 is 2.24 bits per heavy atom. The zero-order valence-corrected chi connectivity index (χ0v) is 11.5. The van der Waals surface area contributed by atoms with Crippen molar-refractivity contribution in [1.29, 1.82) is 0 Å². The van der Waals surface area contributed by atoms with E-state index in [9.17, 15) is 0 Å².